The number of aromatic nitrogens is 2. The quantitative estimate of drug-likeness (QED) is 0.470. The summed E-state index contributed by atoms with van der Waals surface area (Å²) in [5.41, 5.74) is 0. The molecule has 0 bridgehead atoms. The van der Waals surface area contributed by atoms with E-state index in [9.17, 15) is 0 Å². The van der Waals surface area contributed by atoms with Crippen molar-refractivity contribution < 1.29 is 0 Å². The Kier molecular flexibility index (Phi) is 4.21. The van der Waals surface area contributed by atoms with Crippen molar-refractivity contribution >= 4 is 40.9 Å². The minimum atomic E-state index is 0.513. The maximum absolute atomic E-state index is 6.00. The topological polar surface area (TPSA) is 29.0 Å². The van der Waals surface area contributed by atoms with E-state index in [1.165, 1.54) is 11.8 Å². The highest BCUT2D eigenvalue weighted by atomic mass is 35.5. The van der Waals surface area contributed by atoms with Crippen LogP contribution in [0.3, 0.4) is 0 Å². The monoisotopic (exact) mass is 275 g/mol. The van der Waals surface area contributed by atoms with Crippen LogP contribution >= 0.6 is 35.1 Å². The van der Waals surface area contributed by atoms with Crippen LogP contribution in [0.15, 0.2) is 11.2 Å². The lowest BCUT2D eigenvalue weighted by Gasteiger charge is -2.34. The van der Waals surface area contributed by atoms with Gasteiger partial charge in [-0.05, 0) is 13.2 Å². The van der Waals surface area contributed by atoms with E-state index in [0.717, 1.165) is 29.0 Å². The molecule has 88 valence electrons. The van der Waals surface area contributed by atoms with Gasteiger partial charge in [-0.3, -0.25) is 0 Å². The lowest BCUT2D eigenvalue weighted by molar-refractivity contribution is 0.682. The van der Waals surface area contributed by atoms with Gasteiger partial charge < -0.3 is 4.90 Å². The minimum absolute atomic E-state index is 0.513. The number of nitrogens with zero attached hydrogens (tertiary/aromatic N) is 3. The van der Waals surface area contributed by atoms with Gasteiger partial charge in [0.2, 0.25) is 0 Å². The number of hydrogen-bond donors (Lipinski definition) is 0. The highest BCUT2D eigenvalue weighted by Crippen LogP contribution is 2.25. The van der Waals surface area contributed by atoms with E-state index < -0.39 is 0 Å². The Balaban J connectivity index is 2.27. The third-order valence-corrected chi connectivity index (χ3v) is 4.44. The largest absolute Gasteiger partial charge is 0.352 e. The van der Waals surface area contributed by atoms with Gasteiger partial charge in [0.15, 0.2) is 5.16 Å². The van der Waals surface area contributed by atoms with Crippen LogP contribution in [0.1, 0.15) is 6.92 Å². The normalized spacial score (nSPS) is 21.2. The maximum Gasteiger partial charge on any atom is 0.190 e. The molecule has 0 radical (unpaired) electrons. The lowest BCUT2D eigenvalue weighted by atomic mass is 10.3. The van der Waals surface area contributed by atoms with Gasteiger partial charge in [-0.1, -0.05) is 23.4 Å². The summed E-state index contributed by atoms with van der Waals surface area (Å²) < 4.78 is 0. The van der Waals surface area contributed by atoms with Crippen LogP contribution in [0.2, 0.25) is 5.15 Å². The van der Waals surface area contributed by atoms with Gasteiger partial charge in [0, 0.05) is 30.2 Å². The summed E-state index contributed by atoms with van der Waals surface area (Å²) >= 11 is 9.52. The Hall–Kier alpha value is -0.130. The molecule has 2 heterocycles. The molecule has 16 heavy (non-hydrogen) atoms. The molecular formula is C10H14ClN3S2. The molecule has 1 aliphatic heterocycles. The highest BCUT2D eigenvalue weighted by Gasteiger charge is 2.20. The van der Waals surface area contributed by atoms with Crippen LogP contribution in [0, 0.1) is 0 Å². The third-order valence-electron chi connectivity index (χ3n) is 2.51. The smallest absolute Gasteiger partial charge is 0.190 e. The fourth-order valence-electron chi connectivity index (χ4n) is 1.69. The van der Waals surface area contributed by atoms with E-state index >= 15 is 0 Å². The average Bonchev–Trinajstić information content (AvgIpc) is 2.28. The van der Waals surface area contributed by atoms with E-state index in [4.69, 9.17) is 11.6 Å². The molecule has 1 atom stereocenters. The SMILES string of the molecule is CSc1nc(Cl)cc(N2CCSCC2C)n1. The zero-order valence-corrected chi connectivity index (χ0v) is 11.7. The molecule has 0 N–H and O–H groups in total. The third kappa shape index (κ3) is 2.76. The second-order valence-electron chi connectivity index (χ2n) is 3.65. The van der Waals surface area contributed by atoms with E-state index in [1.807, 2.05) is 24.1 Å². The first-order valence-electron chi connectivity index (χ1n) is 5.13. The Morgan fingerprint density at radius 2 is 2.38 bits per heavy atom. The van der Waals surface area contributed by atoms with Gasteiger partial charge in [-0.15, -0.1) is 0 Å². The van der Waals surface area contributed by atoms with E-state index in [1.54, 1.807) is 0 Å². The lowest BCUT2D eigenvalue weighted by Crippen LogP contribution is -2.41. The standard InChI is InChI=1S/C10H14ClN3S2/c1-7-6-16-4-3-14(7)9-5-8(11)12-10(13-9)15-2/h5,7H,3-4,6H2,1-2H3. The first-order valence-corrected chi connectivity index (χ1v) is 7.89. The van der Waals surface area contributed by atoms with Crippen LogP contribution < -0.4 is 4.90 Å². The van der Waals surface area contributed by atoms with Crippen LogP contribution in [0.4, 0.5) is 5.82 Å². The molecule has 1 aliphatic rings. The van der Waals surface area contributed by atoms with Crippen molar-refractivity contribution in [1.29, 1.82) is 0 Å². The molecule has 0 saturated carbocycles. The van der Waals surface area contributed by atoms with Crippen molar-refractivity contribution in [1.82, 2.24) is 9.97 Å². The molecule has 1 unspecified atom stereocenters. The van der Waals surface area contributed by atoms with Gasteiger partial charge in [-0.25, -0.2) is 9.97 Å². The van der Waals surface area contributed by atoms with Crippen LogP contribution in [0.25, 0.3) is 0 Å². The summed E-state index contributed by atoms with van der Waals surface area (Å²) in [6.45, 7) is 3.26. The van der Waals surface area contributed by atoms with Crippen molar-refractivity contribution in [3.63, 3.8) is 0 Å². The number of rotatable bonds is 2. The fraction of sp³-hybridized carbons (Fsp3) is 0.600. The first kappa shape index (κ1) is 12.3. The predicted molar refractivity (Wildman–Crippen MR) is 73.0 cm³/mol. The molecule has 1 fully saturated rings. The van der Waals surface area contributed by atoms with E-state index in [2.05, 4.69) is 21.8 Å². The van der Waals surface area contributed by atoms with Crippen molar-refractivity contribution in [3.8, 4) is 0 Å². The van der Waals surface area contributed by atoms with Crippen molar-refractivity contribution in [2.45, 2.75) is 18.1 Å². The second-order valence-corrected chi connectivity index (χ2v) is 5.96. The summed E-state index contributed by atoms with van der Waals surface area (Å²) in [6, 6.07) is 2.37. The van der Waals surface area contributed by atoms with Gasteiger partial charge in [0.25, 0.3) is 0 Å². The van der Waals surface area contributed by atoms with Crippen molar-refractivity contribution in [2.24, 2.45) is 0 Å². The average molecular weight is 276 g/mol. The maximum atomic E-state index is 6.00. The highest BCUT2D eigenvalue weighted by molar-refractivity contribution is 7.99. The Bertz CT molecular complexity index is 375. The molecule has 6 heteroatoms. The Morgan fingerprint density at radius 3 is 3.06 bits per heavy atom. The van der Waals surface area contributed by atoms with Gasteiger partial charge in [-0.2, -0.15) is 11.8 Å². The molecule has 0 aliphatic carbocycles. The minimum Gasteiger partial charge on any atom is -0.352 e. The predicted octanol–water partition coefficient (Wildman–Crippen LogP) is 2.79. The van der Waals surface area contributed by atoms with Crippen LogP contribution in [0.5, 0.6) is 0 Å². The van der Waals surface area contributed by atoms with Gasteiger partial charge in [0.05, 0.1) is 0 Å². The Morgan fingerprint density at radius 1 is 1.56 bits per heavy atom. The number of halogens is 1. The molecule has 0 spiro atoms. The second kappa shape index (κ2) is 5.47. The first-order chi connectivity index (χ1) is 7.70. The molecule has 1 aromatic rings. The Labute approximate surface area is 109 Å². The molecule has 1 saturated heterocycles. The van der Waals surface area contributed by atoms with Gasteiger partial charge in [0.1, 0.15) is 11.0 Å². The zero-order valence-electron chi connectivity index (χ0n) is 9.31. The molecule has 3 nitrogen and oxygen atoms in total. The zero-order chi connectivity index (χ0) is 11.5. The molecular weight excluding hydrogens is 262 g/mol. The molecule has 2 rings (SSSR count). The summed E-state index contributed by atoms with van der Waals surface area (Å²) in [4.78, 5) is 11.0. The number of anilines is 1. The summed E-state index contributed by atoms with van der Waals surface area (Å²) in [7, 11) is 0. The summed E-state index contributed by atoms with van der Waals surface area (Å²) in [6.07, 6.45) is 1.96. The van der Waals surface area contributed by atoms with Crippen LogP contribution in [-0.2, 0) is 0 Å². The summed E-state index contributed by atoms with van der Waals surface area (Å²) in [5.74, 6) is 3.26. The van der Waals surface area contributed by atoms with E-state index in [-0.39, 0.29) is 0 Å². The fourth-order valence-corrected chi connectivity index (χ4v) is 3.31. The number of thioether (sulfide) groups is 2. The van der Waals surface area contributed by atoms with Crippen molar-refractivity contribution in [3.05, 3.63) is 11.2 Å². The summed E-state index contributed by atoms with van der Waals surface area (Å²) in [5, 5.41) is 1.27. The molecule has 0 aromatic carbocycles. The van der Waals surface area contributed by atoms with Gasteiger partial charge >= 0.3 is 0 Å². The number of hydrogen-bond acceptors (Lipinski definition) is 5. The van der Waals surface area contributed by atoms with Crippen LogP contribution in [-0.4, -0.2) is 40.3 Å². The molecule has 0 amide bonds. The molecule has 1 aromatic heterocycles. The van der Waals surface area contributed by atoms with Crippen molar-refractivity contribution in [2.75, 3.05) is 29.2 Å². The van der Waals surface area contributed by atoms with E-state index in [0.29, 0.717) is 11.2 Å².